The van der Waals surface area contributed by atoms with Crippen LogP contribution in [-0.2, 0) is 4.79 Å². The zero-order valence-corrected chi connectivity index (χ0v) is 7.26. The number of hydrogen-bond donors (Lipinski definition) is 1. The van der Waals surface area contributed by atoms with Gasteiger partial charge in [-0.3, -0.25) is 4.79 Å². The lowest BCUT2D eigenvalue weighted by Gasteiger charge is -2.09. The Morgan fingerprint density at radius 3 is 2.36 bits per heavy atom. The average Bonchev–Trinajstić information content (AvgIpc) is 1.99. The third-order valence-electron chi connectivity index (χ3n) is 1.88. The Morgan fingerprint density at radius 1 is 1.55 bits per heavy atom. The summed E-state index contributed by atoms with van der Waals surface area (Å²) in [6.45, 7) is 7.67. The summed E-state index contributed by atoms with van der Waals surface area (Å²) in [5, 5.41) is 8.68. The molecule has 2 heteroatoms. The first-order chi connectivity index (χ1) is 5.11. The minimum atomic E-state index is -0.706. The van der Waals surface area contributed by atoms with E-state index in [4.69, 9.17) is 5.11 Å². The molecule has 0 amide bonds. The first-order valence-corrected chi connectivity index (χ1v) is 4.01. The van der Waals surface area contributed by atoms with E-state index in [1.807, 2.05) is 13.8 Å². The molecule has 0 fully saturated rings. The molecule has 0 radical (unpaired) electrons. The van der Waals surface area contributed by atoms with E-state index >= 15 is 0 Å². The summed E-state index contributed by atoms with van der Waals surface area (Å²) in [7, 11) is 0. The molecule has 0 spiro atoms. The van der Waals surface area contributed by atoms with Gasteiger partial charge in [0.25, 0.3) is 0 Å². The van der Waals surface area contributed by atoms with Gasteiger partial charge in [-0.2, -0.15) is 0 Å². The molecule has 0 aromatic rings. The Balaban J connectivity index is 3.88. The number of carbonyl (C=O) groups is 1. The molecule has 11 heavy (non-hydrogen) atoms. The number of aliphatic carboxylic acids is 1. The topological polar surface area (TPSA) is 37.3 Å². The van der Waals surface area contributed by atoms with Crippen LogP contribution in [0.5, 0.6) is 0 Å². The van der Waals surface area contributed by atoms with Crippen molar-refractivity contribution in [1.29, 1.82) is 0 Å². The first-order valence-electron chi connectivity index (χ1n) is 4.01. The number of allylic oxidation sites excluding steroid dienone is 1. The molecule has 0 aliphatic heterocycles. The lowest BCUT2D eigenvalue weighted by molar-refractivity contribution is -0.141. The quantitative estimate of drug-likeness (QED) is 0.621. The van der Waals surface area contributed by atoms with E-state index in [1.165, 1.54) is 0 Å². The molecule has 0 saturated heterocycles. The monoisotopic (exact) mass is 156 g/mol. The Morgan fingerprint density at radius 2 is 2.09 bits per heavy atom. The van der Waals surface area contributed by atoms with Crippen LogP contribution in [0.25, 0.3) is 0 Å². The van der Waals surface area contributed by atoms with Gasteiger partial charge in [0.2, 0.25) is 0 Å². The van der Waals surface area contributed by atoms with Gasteiger partial charge in [0.05, 0.1) is 5.92 Å². The summed E-state index contributed by atoms with van der Waals surface area (Å²) in [4.78, 5) is 10.5. The zero-order valence-electron chi connectivity index (χ0n) is 7.26. The predicted molar refractivity (Wildman–Crippen MR) is 45.5 cm³/mol. The van der Waals surface area contributed by atoms with Crippen LogP contribution in [0.1, 0.15) is 33.1 Å². The Kier molecular flexibility index (Phi) is 4.59. The van der Waals surface area contributed by atoms with Crippen molar-refractivity contribution in [3.63, 3.8) is 0 Å². The molecule has 1 atom stereocenters. The second-order valence-electron chi connectivity index (χ2n) is 2.75. The van der Waals surface area contributed by atoms with Gasteiger partial charge < -0.3 is 5.11 Å². The molecule has 2 nitrogen and oxygen atoms in total. The van der Waals surface area contributed by atoms with Crippen molar-refractivity contribution in [3.05, 3.63) is 12.2 Å². The largest absolute Gasteiger partial charge is 0.481 e. The van der Waals surface area contributed by atoms with Crippen LogP contribution in [0.15, 0.2) is 12.2 Å². The van der Waals surface area contributed by atoms with Crippen molar-refractivity contribution in [2.45, 2.75) is 33.1 Å². The molecule has 0 bridgehead atoms. The molecule has 0 aliphatic carbocycles. The lowest BCUT2D eigenvalue weighted by atomic mass is 9.97. The average molecular weight is 156 g/mol. The Bertz CT molecular complexity index is 150. The SMILES string of the molecule is C=C(CC)CC(CC)C(=O)O. The van der Waals surface area contributed by atoms with Gasteiger partial charge in [0.15, 0.2) is 0 Å². The van der Waals surface area contributed by atoms with Crippen molar-refractivity contribution >= 4 is 5.97 Å². The highest BCUT2D eigenvalue weighted by Gasteiger charge is 2.14. The maximum absolute atomic E-state index is 10.5. The van der Waals surface area contributed by atoms with Crippen LogP contribution < -0.4 is 0 Å². The summed E-state index contributed by atoms with van der Waals surface area (Å²) in [5.74, 6) is -0.940. The highest BCUT2D eigenvalue weighted by atomic mass is 16.4. The fourth-order valence-corrected chi connectivity index (χ4v) is 0.899. The second-order valence-corrected chi connectivity index (χ2v) is 2.75. The third-order valence-corrected chi connectivity index (χ3v) is 1.88. The van der Waals surface area contributed by atoms with Crippen molar-refractivity contribution in [3.8, 4) is 0 Å². The van der Waals surface area contributed by atoms with Gasteiger partial charge in [-0.25, -0.2) is 0 Å². The molecule has 0 aliphatic rings. The zero-order chi connectivity index (χ0) is 8.85. The van der Waals surface area contributed by atoms with Crippen LogP contribution in [-0.4, -0.2) is 11.1 Å². The predicted octanol–water partition coefficient (Wildman–Crippen LogP) is 2.45. The molecular formula is C9H16O2. The standard InChI is InChI=1S/C9H16O2/c1-4-7(3)6-8(5-2)9(10)11/h8H,3-6H2,1-2H3,(H,10,11). The molecule has 1 N–H and O–H groups in total. The molecule has 64 valence electrons. The van der Waals surface area contributed by atoms with Crippen molar-refractivity contribution in [1.82, 2.24) is 0 Å². The highest BCUT2D eigenvalue weighted by molar-refractivity contribution is 5.70. The van der Waals surface area contributed by atoms with Gasteiger partial charge in [0, 0.05) is 0 Å². The molecule has 0 aromatic carbocycles. The van der Waals surface area contributed by atoms with E-state index in [0.717, 1.165) is 12.0 Å². The Hall–Kier alpha value is -0.790. The highest BCUT2D eigenvalue weighted by Crippen LogP contribution is 2.15. The number of rotatable bonds is 5. The summed E-state index contributed by atoms with van der Waals surface area (Å²) in [6.07, 6.45) is 2.19. The molecule has 0 rings (SSSR count). The third kappa shape index (κ3) is 3.81. The minimum Gasteiger partial charge on any atom is -0.481 e. The first kappa shape index (κ1) is 10.2. The summed E-state index contributed by atoms with van der Waals surface area (Å²) >= 11 is 0. The molecule has 0 aromatic heterocycles. The normalized spacial score (nSPS) is 12.5. The number of carboxylic acid groups (broad SMARTS) is 1. The maximum Gasteiger partial charge on any atom is 0.306 e. The number of carboxylic acids is 1. The van der Waals surface area contributed by atoms with E-state index in [1.54, 1.807) is 0 Å². The van der Waals surface area contributed by atoms with Gasteiger partial charge >= 0.3 is 5.97 Å². The van der Waals surface area contributed by atoms with Crippen LogP contribution in [0, 0.1) is 5.92 Å². The fraction of sp³-hybridized carbons (Fsp3) is 0.667. The molecule has 0 saturated carbocycles. The van der Waals surface area contributed by atoms with Crippen molar-refractivity contribution < 1.29 is 9.90 Å². The van der Waals surface area contributed by atoms with E-state index < -0.39 is 5.97 Å². The van der Waals surface area contributed by atoms with E-state index in [9.17, 15) is 4.79 Å². The molecule has 1 unspecified atom stereocenters. The van der Waals surface area contributed by atoms with Gasteiger partial charge in [-0.15, -0.1) is 0 Å². The van der Waals surface area contributed by atoms with Crippen LogP contribution >= 0.6 is 0 Å². The maximum atomic E-state index is 10.5. The second kappa shape index (κ2) is 4.94. The number of hydrogen-bond acceptors (Lipinski definition) is 1. The van der Waals surface area contributed by atoms with Crippen molar-refractivity contribution in [2.24, 2.45) is 5.92 Å². The van der Waals surface area contributed by atoms with Crippen LogP contribution in [0.4, 0.5) is 0 Å². The fourth-order valence-electron chi connectivity index (χ4n) is 0.899. The van der Waals surface area contributed by atoms with E-state index in [2.05, 4.69) is 6.58 Å². The Labute approximate surface area is 67.9 Å². The van der Waals surface area contributed by atoms with E-state index in [-0.39, 0.29) is 5.92 Å². The van der Waals surface area contributed by atoms with Crippen molar-refractivity contribution in [2.75, 3.05) is 0 Å². The van der Waals surface area contributed by atoms with Gasteiger partial charge in [-0.05, 0) is 19.3 Å². The van der Waals surface area contributed by atoms with Crippen LogP contribution in [0.2, 0.25) is 0 Å². The van der Waals surface area contributed by atoms with Gasteiger partial charge in [0.1, 0.15) is 0 Å². The molecule has 0 heterocycles. The summed E-state index contributed by atoms with van der Waals surface area (Å²) < 4.78 is 0. The molecular weight excluding hydrogens is 140 g/mol. The van der Waals surface area contributed by atoms with Gasteiger partial charge in [-0.1, -0.05) is 26.0 Å². The smallest absolute Gasteiger partial charge is 0.306 e. The summed E-state index contributed by atoms with van der Waals surface area (Å²) in [6, 6.07) is 0. The minimum absolute atomic E-state index is 0.234. The van der Waals surface area contributed by atoms with E-state index in [0.29, 0.717) is 12.8 Å². The lowest BCUT2D eigenvalue weighted by Crippen LogP contribution is -2.12. The summed E-state index contributed by atoms with van der Waals surface area (Å²) in [5.41, 5.74) is 1.03. The van der Waals surface area contributed by atoms with Crippen LogP contribution in [0.3, 0.4) is 0 Å².